The molecule has 0 fully saturated rings. The number of fused-ring (bicyclic) bond motifs is 2. The molecule has 3 aromatic carbocycles. The van der Waals surface area contributed by atoms with E-state index in [9.17, 15) is 9.59 Å². The largest absolute Gasteiger partial charge is 0.329 e. The molecule has 204 valence electrons. The second-order valence-electron chi connectivity index (χ2n) is 9.95. The van der Waals surface area contributed by atoms with Crippen LogP contribution in [0.5, 0.6) is 0 Å². The molecule has 0 atom stereocenters. The quantitative estimate of drug-likeness (QED) is 0.328. The summed E-state index contributed by atoms with van der Waals surface area (Å²) in [6.45, 7) is 5.00. The molecule has 1 aliphatic rings. The van der Waals surface area contributed by atoms with Crippen molar-refractivity contribution in [1.29, 1.82) is 0 Å². The number of aromatic amines is 1. The van der Waals surface area contributed by atoms with Crippen molar-refractivity contribution in [3.63, 3.8) is 0 Å². The van der Waals surface area contributed by atoms with E-state index in [2.05, 4.69) is 45.2 Å². The molecule has 0 spiro atoms. The van der Waals surface area contributed by atoms with E-state index in [-0.39, 0.29) is 17.7 Å². The van der Waals surface area contributed by atoms with E-state index in [1.807, 2.05) is 28.8 Å². The Bertz CT molecular complexity index is 1930. The fraction of sp³-hybridized carbons (Fsp3) is 0.219. The van der Waals surface area contributed by atoms with Gasteiger partial charge in [-0.15, -0.1) is 16.1 Å². The first-order chi connectivity index (χ1) is 20.0. The van der Waals surface area contributed by atoms with E-state index < -0.39 is 11.7 Å². The number of aromatic nitrogens is 5. The summed E-state index contributed by atoms with van der Waals surface area (Å²) >= 11 is 0. The smallest absolute Gasteiger partial charge is 0.272 e. The lowest BCUT2D eigenvalue weighted by atomic mass is 10.0. The van der Waals surface area contributed by atoms with E-state index >= 15 is 4.39 Å². The zero-order valence-electron chi connectivity index (χ0n) is 22.7. The van der Waals surface area contributed by atoms with Crippen LogP contribution in [0.1, 0.15) is 52.4 Å². The van der Waals surface area contributed by atoms with Crippen molar-refractivity contribution in [3.8, 4) is 23.2 Å². The molecule has 0 radical (unpaired) electrons. The second kappa shape index (κ2) is 10.8. The Kier molecular flexibility index (Phi) is 6.89. The van der Waals surface area contributed by atoms with Gasteiger partial charge in [0.1, 0.15) is 5.82 Å². The number of nitrogens with zero attached hydrogens (tertiary/aromatic N) is 5. The Morgan fingerprint density at radius 2 is 1.90 bits per heavy atom. The third-order valence-corrected chi connectivity index (χ3v) is 7.45. The number of hydrogen-bond donors (Lipinski definition) is 1. The van der Waals surface area contributed by atoms with Crippen LogP contribution < -0.4 is 5.56 Å². The minimum Gasteiger partial charge on any atom is -0.329 e. The number of carbonyl (C=O) groups excluding carboxylic acids is 1. The van der Waals surface area contributed by atoms with Crippen molar-refractivity contribution in [1.82, 2.24) is 29.9 Å². The van der Waals surface area contributed by atoms with Crippen LogP contribution in [0.4, 0.5) is 4.39 Å². The van der Waals surface area contributed by atoms with Gasteiger partial charge in [-0.1, -0.05) is 43.2 Å². The lowest BCUT2D eigenvalue weighted by molar-refractivity contribution is 0.0703. The molecule has 6 rings (SSSR count). The number of nitrogens with one attached hydrogen (secondary N) is 1. The second-order valence-corrected chi connectivity index (χ2v) is 9.95. The lowest BCUT2D eigenvalue weighted by Gasteiger charge is -2.28. The molecule has 3 heterocycles. The van der Waals surface area contributed by atoms with Crippen LogP contribution in [0.3, 0.4) is 0 Å². The Labute approximate surface area is 235 Å². The molecular formula is C32H27FN6O2. The zero-order chi connectivity index (χ0) is 28.5. The van der Waals surface area contributed by atoms with Gasteiger partial charge in [-0.3, -0.25) is 9.59 Å². The highest BCUT2D eigenvalue weighted by molar-refractivity contribution is 5.95. The topological polar surface area (TPSA) is 96.8 Å². The van der Waals surface area contributed by atoms with Crippen molar-refractivity contribution in [2.24, 2.45) is 0 Å². The van der Waals surface area contributed by atoms with Crippen molar-refractivity contribution in [2.75, 3.05) is 6.54 Å². The molecule has 0 unspecified atom stereocenters. The average Bonchev–Trinajstić information content (AvgIpc) is 3.42. The number of rotatable bonds is 5. The molecule has 0 bridgehead atoms. The number of H-pyrrole nitrogens is 1. The normalized spacial score (nSPS) is 12.6. The minimum atomic E-state index is -0.594. The highest BCUT2D eigenvalue weighted by atomic mass is 19.1. The van der Waals surface area contributed by atoms with E-state index in [1.165, 1.54) is 11.6 Å². The summed E-state index contributed by atoms with van der Waals surface area (Å²) < 4.78 is 17.0. The minimum absolute atomic E-state index is 0.0155. The van der Waals surface area contributed by atoms with Crippen LogP contribution in [0.25, 0.3) is 22.2 Å². The maximum atomic E-state index is 15.0. The number of hydrogen-bond acceptors (Lipinski definition) is 5. The van der Waals surface area contributed by atoms with Gasteiger partial charge in [0.25, 0.3) is 11.5 Å². The van der Waals surface area contributed by atoms with Gasteiger partial charge in [0.05, 0.1) is 23.2 Å². The summed E-state index contributed by atoms with van der Waals surface area (Å²) in [7, 11) is 0. The monoisotopic (exact) mass is 546 g/mol. The van der Waals surface area contributed by atoms with Gasteiger partial charge in [-0.2, -0.15) is 5.10 Å². The van der Waals surface area contributed by atoms with Crippen LogP contribution in [-0.2, 0) is 25.9 Å². The molecule has 8 nitrogen and oxygen atoms in total. The highest BCUT2D eigenvalue weighted by Crippen LogP contribution is 2.27. The molecule has 1 aliphatic heterocycles. The first-order valence-corrected chi connectivity index (χ1v) is 13.5. The third-order valence-electron chi connectivity index (χ3n) is 7.45. The maximum Gasteiger partial charge on any atom is 0.272 e. The molecule has 0 aliphatic carbocycles. The molecule has 1 N–H and O–H groups in total. The summed E-state index contributed by atoms with van der Waals surface area (Å²) in [5.41, 5.74) is 3.97. The van der Waals surface area contributed by atoms with Gasteiger partial charge in [-0.05, 0) is 54.8 Å². The Morgan fingerprint density at radius 1 is 1.05 bits per heavy atom. The summed E-state index contributed by atoms with van der Waals surface area (Å²) in [6, 6.07) is 17.9. The van der Waals surface area contributed by atoms with Gasteiger partial charge in [-0.25, -0.2) is 9.49 Å². The highest BCUT2D eigenvalue weighted by Gasteiger charge is 2.28. The predicted octanol–water partition coefficient (Wildman–Crippen LogP) is 4.50. The van der Waals surface area contributed by atoms with Crippen molar-refractivity contribution < 1.29 is 9.18 Å². The summed E-state index contributed by atoms with van der Waals surface area (Å²) in [5.74, 6) is 6.31. The third kappa shape index (κ3) is 4.89. The zero-order valence-corrected chi connectivity index (χ0v) is 22.7. The van der Waals surface area contributed by atoms with Crippen LogP contribution in [-0.4, -0.2) is 42.3 Å². The van der Waals surface area contributed by atoms with Gasteiger partial charge in [0, 0.05) is 36.0 Å². The molecule has 0 saturated carbocycles. The molecule has 2 aromatic heterocycles. The number of carbonyl (C=O) groups is 1. The van der Waals surface area contributed by atoms with Crippen LogP contribution in [0, 0.1) is 17.7 Å². The molecule has 1 amide bonds. The van der Waals surface area contributed by atoms with Gasteiger partial charge >= 0.3 is 0 Å². The number of benzene rings is 3. The first-order valence-electron chi connectivity index (χ1n) is 13.5. The van der Waals surface area contributed by atoms with Crippen LogP contribution >= 0.6 is 0 Å². The summed E-state index contributed by atoms with van der Waals surface area (Å²) in [5, 5.41) is 16.8. The fourth-order valence-corrected chi connectivity index (χ4v) is 5.36. The predicted molar refractivity (Wildman–Crippen MR) is 154 cm³/mol. The number of amides is 1. The van der Waals surface area contributed by atoms with Crippen molar-refractivity contribution >= 4 is 16.7 Å². The standard InChI is InChI=1S/C32H27FN6O2/c1-3-7-20-10-12-24-25(16-20)28(34-37-31(24)40)18-21-11-13-27(33)26(17-21)32(41)38-14-15-39-29(19-38)35-36-30(39)23-9-6-5-8-22(23)4-2/h5-6,8-13,16-17H,4,14-15,18-19H2,1-2H3,(H,37,40). The molecule has 9 heteroatoms. The van der Waals surface area contributed by atoms with Crippen LogP contribution in [0.2, 0.25) is 0 Å². The lowest BCUT2D eigenvalue weighted by Crippen LogP contribution is -2.39. The van der Waals surface area contributed by atoms with Crippen molar-refractivity contribution in [2.45, 2.75) is 39.8 Å². The van der Waals surface area contributed by atoms with E-state index in [4.69, 9.17) is 0 Å². The van der Waals surface area contributed by atoms with Crippen molar-refractivity contribution in [3.05, 3.63) is 111 Å². The molecule has 0 saturated heterocycles. The van der Waals surface area contributed by atoms with E-state index in [0.717, 1.165) is 23.4 Å². The summed E-state index contributed by atoms with van der Waals surface area (Å²) in [4.78, 5) is 27.5. The fourth-order valence-electron chi connectivity index (χ4n) is 5.36. The van der Waals surface area contributed by atoms with Gasteiger partial charge in [0.15, 0.2) is 11.6 Å². The van der Waals surface area contributed by atoms with Crippen LogP contribution in [0.15, 0.2) is 65.5 Å². The maximum absolute atomic E-state index is 15.0. The SMILES string of the molecule is CC#Cc1ccc2c(=O)[nH]nc(Cc3ccc(F)c(C(=O)N4CCn5c(nnc5-c5ccccc5CC)C4)c3)c2c1. The summed E-state index contributed by atoms with van der Waals surface area (Å²) in [6.07, 6.45) is 1.17. The average molecular weight is 547 g/mol. The Hall–Kier alpha value is -5.10. The Morgan fingerprint density at radius 3 is 2.73 bits per heavy atom. The number of aryl methyl sites for hydroxylation is 1. The van der Waals surface area contributed by atoms with E-state index in [1.54, 1.807) is 36.1 Å². The van der Waals surface area contributed by atoms with Gasteiger partial charge < -0.3 is 9.47 Å². The number of halogens is 1. The first kappa shape index (κ1) is 26.1. The van der Waals surface area contributed by atoms with Gasteiger partial charge in [0.2, 0.25) is 0 Å². The molecular weight excluding hydrogens is 519 g/mol. The molecule has 41 heavy (non-hydrogen) atoms. The molecule has 5 aromatic rings. The Balaban J connectivity index is 1.27. The van der Waals surface area contributed by atoms with E-state index in [0.29, 0.717) is 47.4 Å².